The molecule has 0 fully saturated rings. The van der Waals surface area contributed by atoms with E-state index in [0.717, 1.165) is 10.8 Å². The predicted molar refractivity (Wildman–Crippen MR) is 68.1 cm³/mol. The maximum atomic E-state index is 14.3. The Balaban J connectivity index is 3.37. The molecular weight excluding hydrogens is 203 g/mol. The van der Waals surface area contributed by atoms with E-state index in [2.05, 4.69) is 40.4 Å². The van der Waals surface area contributed by atoms with Crippen molar-refractivity contribution in [3.8, 4) is 0 Å². The van der Waals surface area contributed by atoms with E-state index < -0.39 is 8.07 Å². The van der Waals surface area contributed by atoms with Crippen LogP contribution in [-0.2, 0) is 5.41 Å². The van der Waals surface area contributed by atoms with E-state index in [1.54, 1.807) is 0 Å². The first-order valence-corrected chi connectivity index (χ1v) is 8.93. The standard InChI is InChI=1S/C13H21FSi/c1-13(2,3)10-8-7-9-11(12(10)14)15(4,5)6/h7-9H,1-6H3. The zero-order valence-corrected chi connectivity index (χ0v) is 11.6. The topological polar surface area (TPSA) is 0 Å². The van der Waals surface area contributed by atoms with Gasteiger partial charge < -0.3 is 0 Å². The fourth-order valence-electron chi connectivity index (χ4n) is 1.69. The monoisotopic (exact) mass is 224 g/mol. The minimum atomic E-state index is -1.56. The molecule has 0 atom stereocenters. The Kier molecular flexibility index (Phi) is 3.10. The van der Waals surface area contributed by atoms with Gasteiger partial charge in [0, 0.05) is 0 Å². The van der Waals surface area contributed by atoms with Gasteiger partial charge in [-0.3, -0.25) is 0 Å². The van der Waals surface area contributed by atoms with Crippen molar-refractivity contribution >= 4 is 13.3 Å². The molecule has 0 spiro atoms. The van der Waals surface area contributed by atoms with Crippen LogP contribution in [0.5, 0.6) is 0 Å². The Morgan fingerprint density at radius 2 is 1.60 bits per heavy atom. The van der Waals surface area contributed by atoms with Crippen molar-refractivity contribution in [2.24, 2.45) is 0 Å². The van der Waals surface area contributed by atoms with Crippen molar-refractivity contribution in [1.82, 2.24) is 0 Å². The van der Waals surface area contributed by atoms with Crippen LogP contribution in [0.3, 0.4) is 0 Å². The quantitative estimate of drug-likeness (QED) is 0.639. The zero-order valence-electron chi connectivity index (χ0n) is 10.6. The molecule has 0 heterocycles. The summed E-state index contributed by atoms with van der Waals surface area (Å²) in [5.74, 6) is 0.0177. The Morgan fingerprint density at radius 3 is 2.00 bits per heavy atom. The summed E-state index contributed by atoms with van der Waals surface area (Å²) in [7, 11) is -1.56. The van der Waals surface area contributed by atoms with Crippen LogP contribution in [0, 0.1) is 5.82 Å². The maximum absolute atomic E-state index is 14.3. The number of rotatable bonds is 1. The van der Waals surface area contributed by atoms with Gasteiger partial charge in [-0.15, -0.1) is 0 Å². The van der Waals surface area contributed by atoms with Gasteiger partial charge in [0.1, 0.15) is 5.82 Å². The SMILES string of the molecule is CC(C)(C)c1cccc([Si](C)(C)C)c1F. The van der Waals surface area contributed by atoms with Crippen LogP contribution in [0.4, 0.5) is 4.39 Å². The highest BCUT2D eigenvalue weighted by molar-refractivity contribution is 6.88. The van der Waals surface area contributed by atoms with E-state index in [1.165, 1.54) is 0 Å². The van der Waals surface area contributed by atoms with Gasteiger partial charge in [0.2, 0.25) is 0 Å². The third-order valence-corrected chi connectivity index (χ3v) is 4.62. The van der Waals surface area contributed by atoms with Crippen LogP contribution in [-0.4, -0.2) is 8.07 Å². The molecule has 1 rings (SSSR count). The van der Waals surface area contributed by atoms with Crippen LogP contribution >= 0.6 is 0 Å². The number of halogens is 1. The normalized spacial score (nSPS) is 13.0. The van der Waals surface area contributed by atoms with Crippen molar-refractivity contribution in [1.29, 1.82) is 0 Å². The fraction of sp³-hybridized carbons (Fsp3) is 0.538. The van der Waals surface area contributed by atoms with E-state index in [9.17, 15) is 4.39 Å². The average Bonchev–Trinajstić information content (AvgIpc) is 1.99. The summed E-state index contributed by atoms with van der Waals surface area (Å²) >= 11 is 0. The lowest BCUT2D eigenvalue weighted by atomic mass is 9.87. The molecule has 0 aliphatic carbocycles. The third-order valence-electron chi connectivity index (χ3n) is 2.61. The highest BCUT2D eigenvalue weighted by atomic mass is 28.3. The van der Waals surface area contributed by atoms with Crippen LogP contribution in [0.2, 0.25) is 19.6 Å². The summed E-state index contributed by atoms with van der Waals surface area (Å²) in [6.45, 7) is 12.7. The van der Waals surface area contributed by atoms with Gasteiger partial charge in [-0.1, -0.05) is 58.6 Å². The highest BCUT2D eigenvalue weighted by Crippen LogP contribution is 2.24. The summed E-state index contributed by atoms with van der Waals surface area (Å²) in [5, 5.41) is 0.940. The minimum absolute atomic E-state index is 0.0177. The minimum Gasteiger partial charge on any atom is -0.207 e. The zero-order chi connectivity index (χ0) is 11.9. The second-order valence-electron chi connectivity index (χ2n) is 6.17. The Morgan fingerprint density at radius 1 is 1.07 bits per heavy atom. The number of benzene rings is 1. The van der Waals surface area contributed by atoms with E-state index in [0.29, 0.717) is 0 Å². The molecule has 0 saturated heterocycles. The van der Waals surface area contributed by atoms with Crippen molar-refractivity contribution in [3.05, 3.63) is 29.6 Å². The van der Waals surface area contributed by atoms with Crippen LogP contribution in [0.25, 0.3) is 0 Å². The predicted octanol–water partition coefficient (Wildman–Crippen LogP) is 3.67. The molecule has 2 heteroatoms. The summed E-state index contributed by atoms with van der Waals surface area (Å²) in [4.78, 5) is 0. The Bertz CT molecular complexity index is 324. The second-order valence-corrected chi connectivity index (χ2v) is 11.2. The van der Waals surface area contributed by atoms with Gasteiger partial charge in [0.05, 0.1) is 8.07 Å². The van der Waals surface area contributed by atoms with Crippen molar-refractivity contribution in [2.45, 2.75) is 45.8 Å². The lowest BCUT2D eigenvalue weighted by molar-refractivity contribution is 0.526. The molecule has 1 aromatic rings. The van der Waals surface area contributed by atoms with Gasteiger partial charge in [-0.05, 0) is 16.2 Å². The van der Waals surface area contributed by atoms with Crippen molar-refractivity contribution in [2.75, 3.05) is 0 Å². The van der Waals surface area contributed by atoms with Gasteiger partial charge in [0.15, 0.2) is 0 Å². The molecule has 15 heavy (non-hydrogen) atoms. The summed E-state index contributed by atoms with van der Waals surface area (Å²) in [6.07, 6.45) is 0. The number of hydrogen-bond donors (Lipinski definition) is 0. The summed E-state index contributed by atoms with van der Waals surface area (Å²) in [6, 6.07) is 5.83. The lowest BCUT2D eigenvalue weighted by Crippen LogP contribution is -2.41. The molecule has 0 aliphatic heterocycles. The third kappa shape index (κ3) is 2.68. The van der Waals surface area contributed by atoms with Gasteiger partial charge >= 0.3 is 0 Å². The average molecular weight is 224 g/mol. The molecule has 0 N–H and O–H groups in total. The molecule has 0 bridgehead atoms. The molecule has 0 nitrogen and oxygen atoms in total. The van der Waals surface area contributed by atoms with Gasteiger partial charge in [-0.2, -0.15) is 0 Å². The molecule has 0 aromatic heterocycles. The number of hydrogen-bond acceptors (Lipinski definition) is 0. The van der Waals surface area contributed by atoms with Gasteiger partial charge in [-0.25, -0.2) is 4.39 Å². The van der Waals surface area contributed by atoms with Crippen molar-refractivity contribution in [3.63, 3.8) is 0 Å². The largest absolute Gasteiger partial charge is 0.207 e. The smallest absolute Gasteiger partial charge is 0.126 e. The van der Waals surface area contributed by atoms with Crippen LogP contribution < -0.4 is 5.19 Å². The molecule has 0 aliphatic rings. The Hall–Kier alpha value is -0.633. The molecule has 0 saturated carbocycles. The molecular formula is C13H21FSi. The first-order valence-electron chi connectivity index (χ1n) is 5.43. The summed E-state index contributed by atoms with van der Waals surface area (Å²) in [5.41, 5.74) is 0.724. The first kappa shape index (κ1) is 12.4. The highest BCUT2D eigenvalue weighted by Gasteiger charge is 2.26. The van der Waals surface area contributed by atoms with E-state index in [-0.39, 0.29) is 11.2 Å². The van der Waals surface area contributed by atoms with E-state index in [1.807, 2.05) is 18.2 Å². The molecule has 0 unspecified atom stereocenters. The first-order chi connectivity index (χ1) is 6.64. The molecule has 1 aromatic carbocycles. The fourth-order valence-corrected chi connectivity index (χ4v) is 3.08. The van der Waals surface area contributed by atoms with Crippen LogP contribution in [0.15, 0.2) is 18.2 Å². The molecule has 0 radical (unpaired) electrons. The second kappa shape index (κ2) is 3.74. The molecule has 84 valence electrons. The van der Waals surface area contributed by atoms with E-state index >= 15 is 0 Å². The summed E-state index contributed by atoms with van der Waals surface area (Å²) < 4.78 is 14.3. The Labute approximate surface area is 93.5 Å². The van der Waals surface area contributed by atoms with Gasteiger partial charge in [0.25, 0.3) is 0 Å². The molecule has 0 amide bonds. The maximum Gasteiger partial charge on any atom is 0.126 e. The lowest BCUT2D eigenvalue weighted by Gasteiger charge is -2.25. The van der Waals surface area contributed by atoms with Crippen LogP contribution in [0.1, 0.15) is 26.3 Å². The van der Waals surface area contributed by atoms with Crippen molar-refractivity contribution < 1.29 is 4.39 Å². The van der Waals surface area contributed by atoms with E-state index in [4.69, 9.17) is 0 Å².